The van der Waals surface area contributed by atoms with Crippen LogP contribution in [0.4, 0.5) is 17.6 Å². The Morgan fingerprint density at radius 3 is 2.24 bits per heavy atom. The molecule has 0 bridgehead atoms. The Bertz CT molecular complexity index is 393. The summed E-state index contributed by atoms with van der Waals surface area (Å²) in [6.07, 6.45) is -4.41. The van der Waals surface area contributed by atoms with Gasteiger partial charge in [0.05, 0.1) is 12.1 Å². The summed E-state index contributed by atoms with van der Waals surface area (Å²) in [5.41, 5.74) is 0.628. The molecule has 0 saturated carbocycles. The summed E-state index contributed by atoms with van der Waals surface area (Å²) in [5.74, 6) is 4.99. The van der Waals surface area contributed by atoms with Gasteiger partial charge >= 0.3 is 6.18 Å². The van der Waals surface area contributed by atoms with E-state index in [4.69, 9.17) is 5.84 Å². The lowest BCUT2D eigenvalue weighted by molar-refractivity contribution is -0.125. The summed E-state index contributed by atoms with van der Waals surface area (Å²) >= 11 is 0. The average molecular weight is 248 g/mol. The Morgan fingerprint density at radius 2 is 1.82 bits per heavy atom. The molecule has 0 amide bonds. The van der Waals surface area contributed by atoms with Crippen molar-refractivity contribution >= 4 is 5.70 Å². The Morgan fingerprint density at radius 1 is 1.29 bits per heavy atom. The number of hydrazine groups is 1. The zero-order valence-electron chi connectivity index (χ0n) is 9.13. The second-order valence-corrected chi connectivity index (χ2v) is 3.53. The van der Waals surface area contributed by atoms with Gasteiger partial charge in [-0.2, -0.15) is 13.2 Å². The SMILES string of the molecule is CN(N)/C(=C\CC(F)(F)F)c1ccc(F)cc1. The average Bonchev–Trinajstić information content (AvgIpc) is 2.18. The molecule has 0 aliphatic rings. The van der Waals surface area contributed by atoms with Crippen molar-refractivity contribution in [3.8, 4) is 0 Å². The largest absolute Gasteiger partial charge is 0.392 e. The minimum atomic E-state index is -4.29. The van der Waals surface area contributed by atoms with Crippen molar-refractivity contribution in [1.82, 2.24) is 5.01 Å². The molecule has 0 spiro atoms. The summed E-state index contributed by atoms with van der Waals surface area (Å²) in [4.78, 5) is 0. The van der Waals surface area contributed by atoms with Crippen LogP contribution in [0.25, 0.3) is 5.70 Å². The van der Waals surface area contributed by atoms with E-state index in [1.165, 1.54) is 31.3 Å². The molecule has 0 heterocycles. The van der Waals surface area contributed by atoms with Gasteiger partial charge in [0.15, 0.2) is 0 Å². The molecule has 17 heavy (non-hydrogen) atoms. The van der Waals surface area contributed by atoms with Crippen molar-refractivity contribution < 1.29 is 17.6 Å². The normalized spacial score (nSPS) is 12.7. The van der Waals surface area contributed by atoms with E-state index >= 15 is 0 Å². The van der Waals surface area contributed by atoms with E-state index in [-0.39, 0.29) is 5.70 Å². The predicted octanol–water partition coefficient (Wildman–Crippen LogP) is 2.92. The number of hydrogen-bond acceptors (Lipinski definition) is 2. The fourth-order valence-electron chi connectivity index (χ4n) is 1.30. The van der Waals surface area contributed by atoms with E-state index in [1.54, 1.807) is 0 Å². The van der Waals surface area contributed by atoms with Gasteiger partial charge in [-0.05, 0) is 29.8 Å². The number of rotatable bonds is 3. The number of nitrogens with two attached hydrogens (primary N) is 1. The van der Waals surface area contributed by atoms with Crippen molar-refractivity contribution in [3.63, 3.8) is 0 Å². The third kappa shape index (κ3) is 4.44. The number of hydrogen-bond donors (Lipinski definition) is 1. The Labute approximate surface area is 96.3 Å². The minimum Gasteiger partial charge on any atom is -0.314 e. The zero-order valence-corrected chi connectivity index (χ0v) is 9.13. The third-order valence-corrected chi connectivity index (χ3v) is 2.05. The molecule has 0 aliphatic carbocycles. The molecule has 1 aromatic carbocycles. The van der Waals surface area contributed by atoms with Gasteiger partial charge in [0.2, 0.25) is 0 Å². The van der Waals surface area contributed by atoms with E-state index in [1.807, 2.05) is 0 Å². The van der Waals surface area contributed by atoms with Crippen molar-refractivity contribution in [3.05, 3.63) is 41.7 Å². The van der Waals surface area contributed by atoms with Crippen LogP contribution in [0.15, 0.2) is 30.3 Å². The predicted molar refractivity (Wildman–Crippen MR) is 57.0 cm³/mol. The van der Waals surface area contributed by atoms with Gasteiger partial charge in [-0.1, -0.05) is 6.08 Å². The molecular weight excluding hydrogens is 236 g/mol. The third-order valence-electron chi connectivity index (χ3n) is 2.05. The Balaban J connectivity index is 2.97. The fraction of sp³-hybridized carbons (Fsp3) is 0.273. The highest BCUT2D eigenvalue weighted by atomic mass is 19.4. The van der Waals surface area contributed by atoms with Crippen molar-refractivity contribution in [2.24, 2.45) is 5.84 Å². The quantitative estimate of drug-likeness (QED) is 0.506. The van der Waals surface area contributed by atoms with E-state index in [9.17, 15) is 17.6 Å². The highest BCUT2D eigenvalue weighted by molar-refractivity contribution is 5.63. The van der Waals surface area contributed by atoms with Gasteiger partial charge in [0.1, 0.15) is 5.82 Å². The first-order chi connectivity index (χ1) is 7.79. The standard InChI is InChI=1S/C11H12F4N2/c1-17(16)10(6-7-11(13,14)15)8-2-4-9(12)5-3-8/h2-6H,7,16H2,1H3/b10-6-. The fourth-order valence-corrected chi connectivity index (χ4v) is 1.30. The van der Waals surface area contributed by atoms with Gasteiger partial charge < -0.3 is 5.01 Å². The number of benzene rings is 1. The highest BCUT2D eigenvalue weighted by Gasteiger charge is 2.25. The maximum Gasteiger partial charge on any atom is 0.392 e. The maximum atomic E-state index is 12.7. The number of halogens is 4. The van der Waals surface area contributed by atoms with Crippen molar-refractivity contribution in [2.45, 2.75) is 12.6 Å². The monoisotopic (exact) mass is 248 g/mol. The second-order valence-electron chi connectivity index (χ2n) is 3.53. The molecule has 0 saturated heterocycles. The summed E-state index contributed by atoms with van der Waals surface area (Å²) in [6.45, 7) is 0. The number of nitrogens with zero attached hydrogens (tertiary/aromatic N) is 1. The van der Waals surface area contributed by atoms with E-state index in [0.29, 0.717) is 5.56 Å². The van der Waals surface area contributed by atoms with Crippen LogP contribution in [-0.4, -0.2) is 18.2 Å². The number of alkyl halides is 3. The van der Waals surface area contributed by atoms with Gasteiger partial charge in [-0.15, -0.1) is 0 Å². The molecule has 1 rings (SSSR count). The summed E-state index contributed by atoms with van der Waals surface area (Å²) in [5, 5.41) is 1.07. The van der Waals surface area contributed by atoms with Crippen molar-refractivity contribution in [1.29, 1.82) is 0 Å². The second kappa shape index (κ2) is 5.18. The zero-order chi connectivity index (χ0) is 13.1. The van der Waals surface area contributed by atoms with Gasteiger partial charge in [0.25, 0.3) is 0 Å². The lowest BCUT2D eigenvalue weighted by Gasteiger charge is -2.17. The summed E-state index contributed by atoms with van der Waals surface area (Å²) in [6, 6.07) is 5.09. The molecule has 6 heteroatoms. The molecule has 0 atom stereocenters. The van der Waals surface area contributed by atoms with Crippen LogP contribution < -0.4 is 5.84 Å². The highest BCUT2D eigenvalue weighted by Crippen LogP contribution is 2.24. The molecule has 1 aromatic rings. The molecule has 2 nitrogen and oxygen atoms in total. The molecule has 0 radical (unpaired) electrons. The Kier molecular flexibility index (Phi) is 4.11. The van der Waals surface area contributed by atoms with Crippen LogP contribution in [0.5, 0.6) is 0 Å². The van der Waals surface area contributed by atoms with Crippen LogP contribution in [0.2, 0.25) is 0 Å². The van der Waals surface area contributed by atoms with Crippen LogP contribution in [-0.2, 0) is 0 Å². The molecular formula is C11H12F4N2. The van der Waals surface area contributed by atoms with E-state index < -0.39 is 18.4 Å². The number of allylic oxidation sites excluding steroid dienone is 1. The topological polar surface area (TPSA) is 29.3 Å². The Hall–Kier alpha value is -1.56. The molecule has 2 N–H and O–H groups in total. The van der Waals surface area contributed by atoms with Gasteiger partial charge in [0, 0.05) is 7.05 Å². The molecule has 0 aromatic heterocycles. The molecule has 94 valence electrons. The van der Waals surface area contributed by atoms with E-state index in [2.05, 4.69) is 0 Å². The van der Waals surface area contributed by atoms with Crippen LogP contribution in [0.1, 0.15) is 12.0 Å². The summed E-state index contributed by atoms with van der Waals surface area (Å²) in [7, 11) is 1.42. The van der Waals surface area contributed by atoms with Crippen molar-refractivity contribution in [2.75, 3.05) is 7.05 Å². The summed E-state index contributed by atoms with van der Waals surface area (Å²) < 4.78 is 49.0. The van der Waals surface area contributed by atoms with E-state index in [0.717, 1.165) is 11.1 Å². The lowest BCUT2D eigenvalue weighted by Crippen LogP contribution is -2.24. The van der Waals surface area contributed by atoms with Gasteiger partial charge in [-0.3, -0.25) is 0 Å². The first kappa shape index (κ1) is 13.5. The van der Waals surface area contributed by atoms with Crippen LogP contribution in [0.3, 0.4) is 0 Å². The molecule has 0 unspecified atom stereocenters. The van der Waals surface area contributed by atoms with Gasteiger partial charge in [-0.25, -0.2) is 10.2 Å². The molecule has 0 fully saturated rings. The minimum absolute atomic E-state index is 0.197. The van der Waals surface area contributed by atoms with Crippen LogP contribution in [0, 0.1) is 5.82 Å². The maximum absolute atomic E-state index is 12.7. The smallest absolute Gasteiger partial charge is 0.314 e. The first-order valence-electron chi connectivity index (χ1n) is 4.81. The lowest BCUT2D eigenvalue weighted by atomic mass is 10.1. The van der Waals surface area contributed by atoms with Crippen LogP contribution >= 0.6 is 0 Å². The first-order valence-corrected chi connectivity index (χ1v) is 4.81. The molecule has 0 aliphatic heterocycles.